The van der Waals surface area contributed by atoms with Gasteiger partial charge in [0.05, 0.1) is 18.8 Å². The van der Waals surface area contributed by atoms with Crippen molar-refractivity contribution in [3.63, 3.8) is 0 Å². The van der Waals surface area contributed by atoms with Crippen LogP contribution in [0, 0.1) is 6.92 Å². The van der Waals surface area contributed by atoms with E-state index in [1.54, 1.807) is 23.1 Å². The molecule has 0 saturated heterocycles. The summed E-state index contributed by atoms with van der Waals surface area (Å²) in [7, 11) is 0. The molecule has 0 fully saturated rings. The third-order valence-electron chi connectivity index (χ3n) is 3.75. The number of aryl methyl sites for hydroxylation is 1. The number of aliphatic hydroxyl groups is 1. The maximum atomic E-state index is 9.64. The first-order chi connectivity index (χ1) is 9.78. The van der Waals surface area contributed by atoms with E-state index >= 15 is 0 Å². The van der Waals surface area contributed by atoms with E-state index in [0.29, 0.717) is 0 Å². The van der Waals surface area contributed by atoms with Crippen molar-refractivity contribution in [2.75, 3.05) is 19.7 Å². The number of aliphatic imine (C=N–C) groups is 1. The van der Waals surface area contributed by atoms with Crippen LogP contribution in [0.25, 0.3) is 15.8 Å². The lowest BCUT2D eigenvalue weighted by molar-refractivity contribution is 0.339. The van der Waals surface area contributed by atoms with Gasteiger partial charge in [-0.05, 0) is 41.5 Å². The highest BCUT2D eigenvalue weighted by Crippen LogP contribution is 2.42. The fourth-order valence-corrected chi connectivity index (χ4v) is 4.80. The van der Waals surface area contributed by atoms with Crippen molar-refractivity contribution < 1.29 is 5.11 Å². The van der Waals surface area contributed by atoms with Gasteiger partial charge in [0.2, 0.25) is 0 Å². The fraction of sp³-hybridized carbons (Fsp3) is 0.267. The molecular weight excluding hydrogens is 288 g/mol. The predicted octanol–water partition coefficient (Wildman–Crippen LogP) is 3.29. The summed E-state index contributed by atoms with van der Waals surface area (Å²) in [4.78, 5) is 7.76. The highest BCUT2D eigenvalue weighted by atomic mass is 32.2. The minimum Gasteiger partial charge on any atom is -0.391 e. The number of aliphatic hydroxyl groups excluding tert-OH is 1. The van der Waals surface area contributed by atoms with E-state index in [1.807, 2.05) is 0 Å². The van der Waals surface area contributed by atoms with Crippen LogP contribution in [0.2, 0.25) is 0 Å². The maximum Gasteiger partial charge on any atom is 0.168 e. The van der Waals surface area contributed by atoms with Crippen LogP contribution in [-0.2, 0) is 0 Å². The Morgan fingerprint density at radius 3 is 3.15 bits per heavy atom. The molecule has 2 aromatic rings. The molecule has 1 aromatic heterocycles. The van der Waals surface area contributed by atoms with Gasteiger partial charge in [0.1, 0.15) is 0 Å². The van der Waals surface area contributed by atoms with Crippen LogP contribution in [0.1, 0.15) is 11.1 Å². The quantitative estimate of drug-likeness (QED) is 0.924. The van der Waals surface area contributed by atoms with E-state index in [9.17, 15) is 5.11 Å². The second kappa shape index (κ2) is 4.62. The van der Waals surface area contributed by atoms with Crippen LogP contribution < -0.4 is 0 Å². The third kappa shape index (κ3) is 1.74. The molecule has 1 aromatic carbocycles. The smallest absolute Gasteiger partial charge is 0.168 e. The van der Waals surface area contributed by atoms with Gasteiger partial charge < -0.3 is 10.0 Å². The summed E-state index contributed by atoms with van der Waals surface area (Å²) in [6.45, 7) is 4.00. The van der Waals surface area contributed by atoms with Gasteiger partial charge >= 0.3 is 0 Å². The fourth-order valence-electron chi connectivity index (χ4n) is 2.84. The molecule has 0 spiro atoms. The predicted molar refractivity (Wildman–Crippen MR) is 87.2 cm³/mol. The summed E-state index contributed by atoms with van der Waals surface area (Å²) >= 11 is 3.37. The Labute approximate surface area is 125 Å². The monoisotopic (exact) mass is 302 g/mol. The first-order valence-corrected chi connectivity index (χ1v) is 8.29. The number of thiophene rings is 1. The van der Waals surface area contributed by atoms with Gasteiger partial charge in [-0.2, -0.15) is 0 Å². The zero-order chi connectivity index (χ0) is 13.7. The molecule has 0 radical (unpaired) electrons. The number of rotatable bonds is 2. The van der Waals surface area contributed by atoms with Crippen LogP contribution in [0.3, 0.4) is 0 Å². The molecule has 0 amide bonds. The summed E-state index contributed by atoms with van der Waals surface area (Å²) in [6.07, 6.45) is 0. The summed E-state index contributed by atoms with van der Waals surface area (Å²) in [5.41, 5.74) is 3.63. The standard InChI is InChI=1S/C15H14N2OS2/c1-9-6-10(7-12-11(9)2-5-19-12)14-13(8-18)20-15-16-3-4-17(14)15/h2,5-7,18H,3-4,8H2,1H3. The summed E-state index contributed by atoms with van der Waals surface area (Å²) in [5.74, 6) is 0. The van der Waals surface area contributed by atoms with Crippen LogP contribution in [0.15, 0.2) is 33.5 Å². The van der Waals surface area contributed by atoms with Crippen molar-refractivity contribution >= 4 is 44.0 Å². The first-order valence-electron chi connectivity index (χ1n) is 6.60. The van der Waals surface area contributed by atoms with E-state index in [4.69, 9.17) is 0 Å². The Kier molecular flexibility index (Phi) is 2.87. The first kappa shape index (κ1) is 12.4. The number of hydrogen-bond donors (Lipinski definition) is 1. The Bertz CT molecular complexity index is 760. The molecule has 0 bridgehead atoms. The van der Waals surface area contributed by atoms with Gasteiger partial charge in [0.15, 0.2) is 5.17 Å². The molecule has 0 saturated carbocycles. The molecule has 1 N–H and O–H groups in total. The number of nitrogens with zero attached hydrogens (tertiary/aromatic N) is 2. The van der Waals surface area contributed by atoms with Crippen LogP contribution in [-0.4, -0.2) is 34.9 Å². The lowest BCUT2D eigenvalue weighted by Crippen LogP contribution is -2.20. The van der Waals surface area contributed by atoms with E-state index < -0.39 is 0 Å². The molecule has 2 aliphatic heterocycles. The lowest BCUT2D eigenvalue weighted by Gasteiger charge is -2.18. The second-order valence-electron chi connectivity index (χ2n) is 4.97. The number of amidine groups is 1. The van der Waals surface area contributed by atoms with Crippen molar-refractivity contribution in [1.29, 1.82) is 0 Å². The highest BCUT2D eigenvalue weighted by molar-refractivity contribution is 8.17. The average molecular weight is 302 g/mol. The minimum atomic E-state index is 0.0804. The molecule has 3 heterocycles. The van der Waals surface area contributed by atoms with Gasteiger partial charge in [-0.1, -0.05) is 11.8 Å². The number of hydrogen-bond acceptors (Lipinski definition) is 5. The molecule has 0 atom stereocenters. The average Bonchev–Trinajstić information content (AvgIpc) is 3.12. The van der Waals surface area contributed by atoms with Gasteiger partial charge in [-0.25, -0.2) is 0 Å². The Morgan fingerprint density at radius 1 is 1.40 bits per heavy atom. The molecule has 102 valence electrons. The molecular formula is C15H14N2OS2. The molecule has 2 aliphatic rings. The van der Waals surface area contributed by atoms with Gasteiger partial charge in [-0.15, -0.1) is 11.3 Å². The van der Waals surface area contributed by atoms with E-state index in [-0.39, 0.29) is 6.61 Å². The van der Waals surface area contributed by atoms with Gasteiger partial charge in [0.25, 0.3) is 0 Å². The second-order valence-corrected chi connectivity index (χ2v) is 6.98. The number of fused-ring (bicyclic) bond motifs is 2. The van der Waals surface area contributed by atoms with Gasteiger partial charge in [0, 0.05) is 21.7 Å². The summed E-state index contributed by atoms with van der Waals surface area (Å²) < 4.78 is 1.30. The SMILES string of the molecule is Cc1cc(C2=C(CO)SC3=NCCN32)cc2sccc12. The van der Waals surface area contributed by atoms with Crippen molar-refractivity contribution in [1.82, 2.24) is 4.90 Å². The number of thioether (sulfide) groups is 1. The molecule has 5 heteroatoms. The molecule has 20 heavy (non-hydrogen) atoms. The largest absolute Gasteiger partial charge is 0.391 e. The number of benzene rings is 1. The zero-order valence-electron chi connectivity index (χ0n) is 11.1. The molecule has 0 unspecified atom stereocenters. The molecule has 3 nitrogen and oxygen atoms in total. The molecule has 0 aliphatic carbocycles. The van der Waals surface area contributed by atoms with Crippen molar-refractivity contribution in [2.24, 2.45) is 4.99 Å². The summed E-state index contributed by atoms with van der Waals surface area (Å²) in [6, 6.07) is 6.63. The van der Waals surface area contributed by atoms with E-state index in [0.717, 1.165) is 28.9 Å². The van der Waals surface area contributed by atoms with Crippen molar-refractivity contribution in [2.45, 2.75) is 6.92 Å². The minimum absolute atomic E-state index is 0.0804. The van der Waals surface area contributed by atoms with Crippen molar-refractivity contribution in [3.8, 4) is 0 Å². The Balaban J connectivity index is 1.90. The van der Waals surface area contributed by atoms with Gasteiger partial charge in [-0.3, -0.25) is 4.99 Å². The highest BCUT2D eigenvalue weighted by Gasteiger charge is 2.32. The zero-order valence-corrected chi connectivity index (χ0v) is 12.7. The topological polar surface area (TPSA) is 35.8 Å². The van der Waals surface area contributed by atoms with E-state index in [2.05, 4.69) is 40.4 Å². The lowest BCUT2D eigenvalue weighted by atomic mass is 10.0. The Hall–Kier alpha value is -1.30. The molecule has 4 rings (SSSR count). The Morgan fingerprint density at radius 2 is 2.30 bits per heavy atom. The van der Waals surface area contributed by atoms with Crippen LogP contribution in [0.5, 0.6) is 0 Å². The summed E-state index contributed by atoms with van der Waals surface area (Å²) in [5, 5.41) is 14.1. The van der Waals surface area contributed by atoms with Crippen LogP contribution >= 0.6 is 23.1 Å². The van der Waals surface area contributed by atoms with Crippen LogP contribution in [0.4, 0.5) is 0 Å². The normalized spacial score (nSPS) is 18.1. The van der Waals surface area contributed by atoms with Crippen molar-refractivity contribution in [3.05, 3.63) is 39.6 Å². The third-order valence-corrected chi connectivity index (χ3v) is 5.71. The van der Waals surface area contributed by atoms with E-state index in [1.165, 1.54) is 21.2 Å². The maximum absolute atomic E-state index is 9.64.